The highest BCUT2D eigenvalue weighted by Crippen LogP contribution is 2.59. The Morgan fingerprint density at radius 1 is 0.700 bits per heavy atom. The smallest absolute Gasteiger partial charge is 0.0541 e. The van der Waals surface area contributed by atoms with Gasteiger partial charge in [0.2, 0.25) is 0 Å². The number of benzene rings is 4. The van der Waals surface area contributed by atoms with Crippen LogP contribution in [-0.2, 0) is 5.41 Å². The van der Waals surface area contributed by atoms with Gasteiger partial charge in [0.1, 0.15) is 0 Å². The van der Waals surface area contributed by atoms with Gasteiger partial charge in [0.25, 0.3) is 0 Å². The van der Waals surface area contributed by atoms with Crippen LogP contribution in [-0.4, -0.2) is 4.57 Å². The van der Waals surface area contributed by atoms with Crippen molar-refractivity contribution in [3.8, 4) is 5.69 Å². The summed E-state index contributed by atoms with van der Waals surface area (Å²) in [4.78, 5) is 0. The number of hydrogen-bond acceptors (Lipinski definition) is 0. The number of para-hydroxylation sites is 2. The van der Waals surface area contributed by atoms with Gasteiger partial charge in [0, 0.05) is 27.8 Å². The van der Waals surface area contributed by atoms with Crippen LogP contribution in [0.5, 0.6) is 0 Å². The summed E-state index contributed by atoms with van der Waals surface area (Å²) in [6.07, 6.45) is 14.3. The largest absolute Gasteiger partial charge is 0.309 e. The van der Waals surface area contributed by atoms with Crippen LogP contribution in [0.1, 0.15) is 61.4 Å². The summed E-state index contributed by atoms with van der Waals surface area (Å²) in [5, 5.41) is 2.59. The standard InChI is InChI=1S/C39H33N/c1-38(2,3)29-22-27-17-16-25-18-19-33(39(4)21-20-28(23-29)36(27)37(25)39)26-10-9-11-30(24-26)40-34-14-7-5-12-31(34)32-13-6-8-15-35(32)40/h5-24,37H,1-4H3. The fraction of sp³-hybridized carbons (Fsp3) is 0.179. The lowest BCUT2D eigenvalue weighted by atomic mass is 9.57. The molecule has 0 fully saturated rings. The Kier molecular flexibility index (Phi) is 4.75. The molecule has 1 nitrogen and oxygen atoms in total. The number of fused-ring (bicyclic) bond motifs is 3. The minimum atomic E-state index is -0.126. The van der Waals surface area contributed by atoms with E-state index in [4.69, 9.17) is 0 Å². The van der Waals surface area contributed by atoms with Gasteiger partial charge in [-0.25, -0.2) is 0 Å². The summed E-state index contributed by atoms with van der Waals surface area (Å²) in [5.41, 5.74) is 13.4. The molecular formula is C39H33N. The molecule has 3 aliphatic rings. The Morgan fingerprint density at radius 2 is 1.38 bits per heavy atom. The highest BCUT2D eigenvalue weighted by atomic mass is 15.0. The van der Waals surface area contributed by atoms with E-state index in [1.807, 2.05) is 0 Å². The van der Waals surface area contributed by atoms with Gasteiger partial charge in [0.15, 0.2) is 0 Å². The van der Waals surface area contributed by atoms with E-state index in [2.05, 4.69) is 154 Å². The fourth-order valence-electron chi connectivity index (χ4n) is 7.37. The van der Waals surface area contributed by atoms with Crippen LogP contribution in [0.4, 0.5) is 0 Å². The molecule has 2 unspecified atom stereocenters. The third-order valence-corrected chi connectivity index (χ3v) is 9.41. The van der Waals surface area contributed by atoms with E-state index >= 15 is 0 Å². The van der Waals surface area contributed by atoms with Crippen LogP contribution in [0.2, 0.25) is 0 Å². The van der Waals surface area contributed by atoms with E-state index in [0.717, 1.165) is 0 Å². The zero-order valence-corrected chi connectivity index (χ0v) is 23.6. The summed E-state index contributed by atoms with van der Waals surface area (Å²) >= 11 is 0. The lowest BCUT2D eigenvalue weighted by molar-refractivity contribution is 0.483. The van der Waals surface area contributed by atoms with Gasteiger partial charge >= 0.3 is 0 Å². The molecule has 5 aromatic rings. The summed E-state index contributed by atoms with van der Waals surface area (Å²) < 4.78 is 2.42. The Balaban J connectivity index is 1.30. The Morgan fingerprint density at radius 3 is 2.08 bits per heavy atom. The predicted octanol–water partition coefficient (Wildman–Crippen LogP) is 10.2. The van der Waals surface area contributed by atoms with Crippen molar-refractivity contribution in [3.05, 3.63) is 143 Å². The molecule has 0 saturated carbocycles. The van der Waals surface area contributed by atoms with Gasteiger partial charge in [-0.3, -0.25) is 0 Å². The van der Waals surface area contributed by atoms with Crippen molar-refractivity contribution in [2.24, 2.45) is 5.41 Å². The molecule has 0 spiro atoms. The van der Waals surface area contributed by atoms with E-state index in [1.54, 1.807) is 0 Å². The van der Waals surface area contributed by atoms with E-state index in [1.165, 1.54) is 66.5 Å². The summed E-state index contributed by atoms with van der Waals surface area (Å²) in [6.45, 7) is 9.36. The molecule has 0 amide bonds. The van der Waals surface area contributed by atoms with Crippen LogP contribution in [0, 0.1) is 5.41 Å². The van der Waals surface area contributed by atoms with E-state index < -0.39 is 0 Å². The minimum absolute atomic E-state index is 0.120. The molecule has 0 radical (unpaired) electrons. The molecular weight excluding hydrogens is 482 g/mol. The van der Waals surface area contributed by atoms with Crippen molar-refractivity contribution in [3.63, 3.8) is 0 Å². The number of rotatable bonds is 2. The van der Waals surface area contributed by atoms with Crippen LogP contribution in [0.25, 0.3) is 45.2 Å². The van der Waals surface area contributed by atoms with Gasteiger partial charge < -0.3 is 4.57 Å². The molecule has 0 aliphatic heterocycles. The van der Waals surface area contributed by atoms with Gasteiger partial charge in [-0.1, -0.05) is 125 Å². The normalized spacial score (nSPS) is 20.9. The van der Waals surface area contributed by atoms with Crippen molar-refractivity contribution in [2.45, 2.75) is 39.0 Å². The second kappa shape index (κ2) is 8.08. The second-order valence-electron chi connectivity index (χ2n) is 12.9. The van der Waals surface area contributed by atoms with E-state index in [9.17, 15) is 0 Å². The van der Waals surface area contributed by atoms with Crippen molar-refractivity contribution < 1.29 is 0 Å². The van der Waals surface area contributed by atoms with Crippen molar-refractivity contribution in [1.29, 1.82) is 0 Å². The topological polar surface area (TPSA) is 4.93 Å². The SMILES string of the molecule is CC(C)(C)c1cc2c3c(c1)C=CC1(C)C(c4cccc(-n5c6ccccc6c6ccccc65)c4)=CC=C(C=C2)C31. The lowest BCUT2D eigenvalue weighted by Crippen LogP contribution is -2.33. The first kappa shape index (κ1) is 23.5. The molecule has 3 aliphatic carbocycles. The minimum Gasteiger partial charge on any atom is -0.309 e. The second-order valence-corrected chi connectivity index (χ2v) is 12.9. The van der Waals surface area contributed by atoms with E-state index in [0.29, 0.717) is 5.92 Å². The maximum Gasteiger partial charge on any atom is 0.0541 e. The van der Waals surface area contributed by atoms with Gasteiger partial charge in [-0.15, -0.1) is 0 Å². The highest BCUT2D eigenvalue weighted by Gasteiger charge is 2.45. The molecule has 40 heavy (non-hydrogen) atoms. The van der Waals surface area contributed by atoms with Crippen LogP contribution in [0.3, 0.4) is 0 Å². The molecule has 1 heteroatoms. The molecule has 1 heterocycles. The van der Waals surface area contributed by atoms with Crippen LogP contribution < -0.4 is 0 Å². The zero-order chi connectivity index (χ0) is 27.2. The zero-order valence-electron chi connectivity index (χ0n) is 23.6. The number of nitrogens with zero attached hydrogens (tertiary/aromatic N) is 1. The number of aromatic nitrogens is 1. The Bertz CT molecular complexity index is 1950. The number of hydrogen-bond donors (Lipinski definition) is 0. The third-order valence-electron chi connectivity index (χ3n) is 9.41. The average Bonchev–Trinajstić information content (AvgIpc) is 3.30. The molecule has 194 valence electrons. The van der Waals surface area contributed by atoms with Gasteiger partial charge in [0.05, 0.1) is 11.0 Å². The maximum atomic E-state index is 2.47. The Hall–Kier alpha value is -4.36. The summed E-state index contributed by atoms with van der Waals surface area (Å²) in [6, 6.07) is 31.5. The molecule has 0 bridgehead atoms. The quantitative estimate of drug-likeness (QED) is 0.220. The first-order chi connectivity index (χ1) is 19.3. The van der Waals surface area contributed by atoms with Crippen molar-refractivity contribution in [2.75, 3.05) is 0 Å². The highest BCUT2D eigenvalue weighted by molar-refractivity contribution is 6.09. The molecule has 8 rings (SSSR count). The summed E-state index contributed by atoms with van der Waals surface area (Å²) in [5.74, 6) is 0.318. The molecule has 0 saturated heterocycles. The van der Waals surface area contributed by atoms with Gasteiger partial charge in [-0.2, -0.15) is 0 Å². The molecule has 4 aromatic carbocycles. The molecule has 1 aromatic heterocycles. The fourth-order valence-corrected chi connectivity index (χ4v) is 7.37. The van der Waals surface area contributed by atoms with Crippen LogP contribution in [0.15, 0.2) is 115 Å². The molecule has 0 N–H and O–H groups in total. The third kappa shape index (κ3) is 3.21. The summed E-state index contributed by atoms with van der Waals surface area (Å²) in [7, 11) is 0. The maximum absolute atomic E-state index is 2.47. The van der Waals surface area contributed by atoms with Gasteiger partial charge in [-0.05, 0) is 68.6 Å². The average molecular weight is 516 g/mol. The van der Waals surface area contributed by atoms with Crippen LogP contribution >= 0.6 is 0 Å². The predicted molar refractivity (Wildman–Crippen MR) is 171 cm³/mol. The lowest BCUT2D eigenvalue weighted by Gasteiger charge is -2.46. The molecule has 2 atom stereocenters. The first-order valence-electron chi connectivity index (χ1n) is 14.4. The van der Waals surface area contributed by atoms with E-state index in [-0.39, 0.29) is 10.8 Å². The first-order valence-corrected chi connectivity index (χ1v) is 14.4. The van der Waals surface area contributed by atoms with Crippen molar-refractivity contribution in [1.82, 2.24) is 4.57 Å². The monoisotopic (exact) mass is 515 g/mol. The van der Waals surface area contributed by atoms with Crippen molar-refractivity contribution >= 4 is 39.5 Å². The number of allylic oxidation sites excluding steroid dienone is 6. The Labute approximate surface area is 236 Å².